The highest BCUT2D eigenvalue weighted by atomic mass is 16.5. The first kappa shape index (κ1) is 13.4. The van der Waals surface area contributed by atoms with Crippen LogP contribution in [0.25, 0.3) is 0 Å². The molecule has 1 aromatic carbocycles. The van der Waals surface area contributed by atoms with Crippen molar-refractivity contribution in [3.05, 3.63) is 30.3 Å². The third-order valence-corrected chi connectivity index (χ3v) is 4.10. The summed E-state index contributed by atoms with van der Waals surface area (Å²) in [6.45, 7) is 1.27. The lowest BCUT2D eigenvalue weighted by Crippen LogP contribution is -2.40. The number of likely N-dealkylation sites (tertiary alicyclic amines) is 1. The van der Waals surface area contributed by atoms with Crippen molar-refractivity contribution in [2.24, 2.45) is 5.92 Å². The molecule has 20 heavy (non-hydrogen) atoms. The standard InChI is InChI=1S/C16H21NO3/c18-15(10-13-6-7-13)17-9-8-16(19,11-17)12-20-14-4-2-1-3-5-14/h1-5,13,19H,6-12H2/t16-/m1/s1. The van der Waals surface area contributed by atoms with Crippen LogP contribution in [0.5, 0.6) is 5.75 Å². The van der Waals surface area contributed by atoms with Gasteiger partial charge < -0.3 is 14.7 Å². The van der Waals surface area contributed by atoms with Crippen LogP contribution in [-0.2, 0) is 4.79 Å². The van der Waals surface area contributed by atoms with E-state index in [2.05, 4.69) is 0 Å². The summed E-state index contributed by atoms with van der Waals surface area (Å²) in [6, 6.07) is 9.47. The van der Waals surface area contributed by atoms with Gasteiger partial charge in [0.2, 0.25) is 5.91 Å². The van der Waals surface area contributed by atoms with Gasteiger partial charge >= 0.3 is 0 Å². The summed E-state index contributed by atoms with van der Waals surface area (Å²) in [6.07, 6.45) is 3.60. The number of carbonyl (C=O) groups excluding carboxylic acids is 1. The Morgan fingerprint density at radius 1 is 1.35 bits per heavy atom. The smallest absolute Gasteiger partial charge is 0.222 e. The first-order valence-electron chi connectivity index (χ1n) is 7.33. The molecule has 0 spiro atoms. The van der Waals surface area contributed by atoms with Crippen molar-refractivity contribution in [1.29, 1.82) is 0 Å². The van der Waals surface area contributed by atoms with Crippen molar-refractivity contribution in [2.45, 2.75) is 31.3 Å². The van der Waals surface area contributed by atoms with Crippen LogP contribution in [0.3, 0.4) is 0 Å². The summed E-state index contributed by atoms with van der Waals surface area (Å²) in [5.74, 6) is 1.53. The second-order valence-corrected chi connectivity index (χ2v) is 6.04. The molecule has 108 valence electrons. The molecule has 1 aromatic rings. The van der Waals surface area contributed by atoms with Crippen LogP contribution in [0.4, 0.5) is 0 Å². The first-order chi connectivity index (χ1) is 9.65. The quantitative estimate of drug-likeness (QED) is 0.892. The van der Waals surface area contributed by atoms with Gasteiger partial charge in [0.15, 0.2) is 0 Å². The number of amides is 1. The molecule has 1 saturated heterocycles. The van der Waals surface area contributed by atoms with Gasteiger partial charge in [0.05, 0.1) is 6.54 Å². The maximum atomic E-state index is 12.0. The third-order valence-electron chi connectivity index (χ3n) is 4.10. The van der Waals surface area contributed by atoms with Gasteiger partial charge in [-0.3, -0.25) is 4.79 Å². The van der Waals surface area contributed by atoms with Crippen LogP contribution in [0, 0.1) is 5.92 Å². The molecule has 1 saturated carbocycles. The Morgan fingerprint density at radius 3 is 2.80 bits per heavy atom. The predicted molar refractivity (Wildman–Crippen MR) is 75.4 cm³/mol. The summed E-state index contributed by atoms with van der Waals surface area (Å²) in [5.41, 5.74) is -0.908. The summed E-state index contributed by atoms with van der Waals surface area (Å²) in [5, 5.41) is 10.5. The van der Waals surface area contributed by atoms with Crippen molar-refractivity contribution in [3.8, 4) is 5.75 Å². The molecular formula is C16H21NO3. The predicted octanol–water partition coefficient (Wildman–Crippen LogP) is 1.83. The lowest BCUT2D eigenvalue weighted by molar-refractivity contribution is -0.131. The lowest BCUT2D eigenvalue weighted by atomic mass is 10.1. The highest BCUT2D eigenvalue weighted by Gasteiger charge is 2.40. The minimum Gasteiger partial charge on any atom is -0.491 e. The van der Waals surface area contributed by atoms with Gasteiger partial charge in [-0.2, -0.15) is 0 Å². The second kappa shape index (κ2) is 5.44. The third kappa shape index (κ3) is 3.31. The van der Waals surface area contributed by atoms with E-state index >= 15 is 0 Å². The fourth-order valence-corrected chi connectivity index (χ4v) is 2.62. The average molecular weight is 275 g/mol. The molecule has 0 unspecified atom stereocenters. The Morgan fingerprint density at radius 2 is 2.10 bits per heavy atom. The number of carbonyl (C=O) groups is 1. The lowest BCUT2D eigenvalue weighted by Gasteiger charge is -2.23. The minimum atomic E-state index is -0.908. The Kier molecular flexibility index (Phi) is 3.66. The zero-order valence-electron chi connectivity index (χ0n) is 11.6. The van der Waals surface area contributed by atoms with Gasteiger partial charge in [0.1, 0.15) is 18.0 Å². The molecule has 1 aliphatic carbocycles. The molecular weight excluding hydrogens is 254 g/mol. The van der Waals surface area contributed by atoms with Crippen LogP contribution in [0.1, 0.15) is 25.7 Å². The largest absolute Gasteiger partial charge is 0.491 e. The number of hydrogen-bond donors (Lipinski definition) is 1. The Hall–Kier alpha value is -1.55. The van der Waals surface area contributed by atoms with Crippen molar-refractivity contribution in [2.75, 3.05) is 19.7 Å². The van der Waals surface area contributed by atoms with Gasteiger partial charge in [0.25, 0.3) is 0 Å². The zero-order valence-corrected chi connectivity index (χ0v) is 11.6. The van der Waals surface area contributed by atoms with Crippen LogP contribution < -0.4 is 4.74 Å². The van der Waals surface area contributed by atoms with Crippen LogP contribution in [0.2, 0.25) is 0 Å². The molecule has 1 amide bonds. The van der Waals surface area contributed by atoms with E-state index in [1.54, 1.807) is 4.90 Å². The van der Waals surface area contributed by atoms with E-state index in [-0.39, 0.29) is 12.5 Å². The summed E-state index contributed by atoms with van der Waals surface area (Å²) >= 11 is 0. The number of nitrogens with zero attached hydrogens (tertiary/aromatic N) is 1. The Labute approximate surface area is 119 Å². The van der Waals surface area contributed by atoms with E-state index in [9.17, 15) is 9.90 Å². The molecule has 1 heterocycles. The molecule has 1 aliphatic heterocycles. The molecule has 3 rings (SSSR count). The Bertz CT molecular complexity index is 472. The average Bonchev–Trinajstić information content (AvgIpc) is 3.18. The van der Waals surface area contributed by atoms with Gasteiger partial charge in [-0.05, 0) is 37.3 Å². The topological polar surface area (TPSA) is 49.8 Å². The van der Waals surface area contributed by atoms with Gasteiger partial charge in [-0.15, -0.1) is 0 Å². The van der Waals surface area contributed by atoms with E-state index in [0.29, 0.717) is 31.8 Å². The monoisotopic (exact) mass is 275 g/mol. The number of aliphatic hydroxyl groups is 1. The van der Waals surface area contributed by atoms with E-state index in [1.165, 1.54) is 12.8 Å². The normalized spacial score (nSPS) is 25.8. The van der Waals surface area contributed by atoms with Gasteiger partial charge in [0, 0.05) is 13.0 Å². The summed E-state index contributed by atoms with van der Waals surface area (Å²) in [4.78, 5) is 13.8. The number of β-amino-alcohol motifs (C(OH)–C–C–N with tert-alkyl or cyclic N) is 1. The highest BCUT2D eigenvalue weighted by Crippen LogP contribution is 2.34. The fourth-order valence-electron chi connectivity index (χ4n) is 2.62. The van der Waals surface area contributed by atoms with E-state index in [0.717, 1.165) is 5.75 Å². The number of para-hydroxylation sites is 1. The molecule has 2 fully saturated rings. The van der Waals surface area contributed by atoms with Gasteiger partial charge in [-0.25, -0.2) is 0 Å². The number of benzene rings is 1. The fraction of sp³-hybridized carbons (Fsp3) is 0.562. The number of hydrogen-bond acceptors (Lipinski definition) is 3. The van der Waals surface area contributed by atoms with Crippen molar-refractivity contribution < 1.29 is 14.6 Å². The molecule has 2 aliphatic rings. The molecule has 4 nitrogen and oxygen atoms in total. The number of ether oxygens (including phenoxy) is 1. The Balaban J connectivity index is 1.50. The second-order valence-electron chi connectivity index (χ2n) is 6.04. The zero-order chi connectivity index (χ0) is 14.0. The molecule has 1 atom stereocenters. The van der Waals surface area contributed by atoms with E-state index in [4.69, 9.17) is 4.74 Å². The number of rotatable bonds is 5. The summed E-state index contributed by atoms with van der Waals surface area (Å²) < 4.78 is 5.63. The van der Waals surface area contributed by atoms with Gasteiger partial charge in [-0.1, -0.05) is 18.2 Å². The van der Waals surface area contributed by atoms with E-state index < -0.39 is 5.60 Å². The molecule has 0 radical (unpaired) electrons. The van der Waals surface area contributed by atoms with Crippen molar-refractivity contribution in [3.63, 3.8) is 0 Å². The minimum absolute atomic E-state index is 0.183. The SMILES string of the molecule is O=C(CC1CC1)N1CC[C@](O)(COc2ccccc2)C1. The summed E-state index contributed by atoms with van der Waals surface area (Å²) in [7, 11) is 0. The molecule has 4 heteroatoms. The molecule has 0 bridgehead atoms. The highest BCUT2D eigenvalue weighted by molar-refractivity contribution is 5.77. The molecule has 1 N–H and O–H groups in total. The van der Waals surface area contributed by atoms with Crippen LogP contribution >= 0.6 is 0 Å². The van der Waals surface area contributed by atoms with Crippen LogP contribution in [-0.4, -0.2) is 41.2 Å². The van der Waals surface area contributed by atoms with Crippen molar-refractivity contribution >= 4 is 5.91 Å². The first-order valence-corrected chi connectivity index (χ1v) is 7.33. The maximum absolute atomic E-state index is 12.0. The molecule has 0 aromatic heterocycles. The van der Waals surface area contributed by atoms with E-state index in [1.807, 2.05) is 30.3 Å². The van der Waals surface area contributed by atoms with Crippen LogP contribution in [0.15, 0.2) is 30.3 Å². The van der Waals surface area contributed by atoms with Crippen molar-refractivity contribution in [1.82, 2.24) is 4.90 Å². The maximum Gasteiger partial charge on any atom is 0.222 e.